The summed E-state index contributed by atoms with van der Waals surface area (Å²) >= 11 is 7.85. The zero-order valence-electron chi connectivity index (χ0n) is 17.9. The molecule has 3 aromatic rings. The third-order valence-corrected chi connectivity index (χ3v) is 6.77. The second-order valence-electron chi connectivity index (χ2n) is 7.79. The van der Waals surface area contributed by atoms with Crippen LogP contribution < -0.4 is 9.80 Å². The average molecular weight is 459 g/mol. The minimum Gasteiger partial charge on any atom is -0.379 e. The van der Waals surface area contributed by atoms with Crippen molar-refractivity contribution in [3.63, 3.8) is 0 Å². The van der Waals surface area contributed by atoms with Gasteiger partial charge in [-0.3, -0.25) is 14.6 Å². The first-order valence-electron chi connectivity index (χ1n) is 10.5. The molecule has 1 aromatic heterocycles. The normalized spacial score (nSPS) is 14.7. The Morgan fingerprint density at radius 3 is 2.58 bits per heavy atom. The Balaban J connectivity index is 1.57. The molecule has 2 heterocycles. The number of benzene rings is 2. The van der Waals surface area contributed by atoms with E-state index in [9.17, 15) is 4.79 Å². The molecule has 2 aromatic carbocycles. The number of hydrogen-bond acceptors (Lipinski definition) is 6. The Bertz CT molecular complexity index is 1030. The maximum Gasteiger partial charge on any atom is 0.260 e. The summed E-state index contributed by atoms with van der Waals surface area (Å²) < 4.78 is 6.42. The van der Waals surface area contributed by atoms with E-state index < -0.39 is 0 Å². The molecule has 6 nitrogen and oxygen atoms in total. The van der Waals surface area contributed by atoms with Crippen LogP contribution in [-0.4, -0.2) is 69.3 Å². The van der Waals surface area contributed by atoms with Gasteiger partial charge in [0.25, 0.3) is 5.91 Å². The number of anilines is 2. The maximum absolute atomic E-state index is 13.5. The Morgan fingerprint density at radius 2 is 1.90 bits per heavy atom. The number of hydrogen-bond donors (Lipinski definition) is 0. The zero-order valence-corrected chi connectivity index (χ0v) is 19.5. The molecule has 0 N–H and O–H groups in total. The maximum atomic E-state index is 13.5. The quantitative estimate of drug-likeness (QED) is 0.525. The van der Waals surface area contributed by atoms with Crippen molar-refractivity contribution in [2.24, 2.45) is 0 Å². The van der Waals surface area contributed by atoms with E-state index in [0.29, 0.717) is 22.3 Å². The van der Waals surface area contributed by atoms with Crippen molar-refractivity contribution in [2.45, 2.75) is 6.42 Å². The minimum atomic E-state index is -0.0394. The number of morpholine rings is 1. The van der Waals surface area contributed by atoms with Crippen molar-refractivity contribution in [1.29, 1.82) is 0 Å². The third-order valence-electron chi connectivity index (χ3n) is 5.42. The highest BCUT2D eigenvalue weighted by Gasteiger charge is 2.22. The number of thiazole rings is 1. The number of halogens is 1. The van der Waals surface area contributed by atoms with Gasteiger partial charge >= 0.3 is 0 Å². The van der Waals surface area contributed by atoms with Gasteiger partial charge in [-0.2, -0.15) is 0 Å². The van der Waals surface area contributed by atoms with E-state index in [-0.39, 0.29) is 5.91 Å². The lowest BCUT2D eigenvalue weighted by Gasteiger charge is -2.27. The highest BCUT2D eigenvalue weighted by atomic mass is 35.5. The molecule has 8 heteroatoms. The third kappa shape index (κ3) is 5.18. The van der Waals surface area contributed by atoms with Gasteiger partial charge in [-0.15, -0.1) is 0 Å². The van der Waals surface area contributed by atoms with Gasteiger partial charge in [-0.25, -0.2) is 4.98 Å². The molecule has 0 saturated carbocycles. The van der Waals surface area contributed by atoms with Crippen LogP contribution in [0.1, 0.15) is 16.8 Å². The molecule has 1 amide bonds. The number of carbonyl (C=O) groups is 1. The summed E-state index contributed by atoms with van der Waals surface area (Å²) in [6.07, 6.45) is 0.866. The van der Waals surface area contributed by atoms with Crippen molar-refractivity contribution in [3.05, 3.63) is 53.1 Å². The highest BCUT2D eigenvalue weighted by molar-refractivity contribution is 7.22. The second-order valence-corrected chi connectivity index (χ2v) is 9.20. The summed E-state index contributed by atoms with van der Waals surface area (Å²) in [6, 6.07) is 13.4. The van der Waals surface area contributed by atoms with E-state index in [1.807, 2.05) is 61.5 Å². The first-order valence-corrected chi connectivity index (χ1v) is 11.7. The summed E-state index contributed by atoms with van der Waals surface area (Å²) in [7, 11) is 3.97. The molecular formula is C23H27ClN4O2S. The lowest BCUT2D eigenvalue weighted by Crippen LogP contribution is -2.39. The van der Waals surface area contributed by atoms with Gasteiger partial charge < -0.3 is 9.64 Å². The number of amides is 1. The first kappa shape index (κ1) is 22.0. The number of fused-ring (bicyclic) bond motifs is 1. The molecule has 1 saturated heterocycles. The van der Waals surface area contributed by atoms with Gasteiger partial charge in [0, 0.05) is 51.5 Å². The monoisotopic (exact) mass is 458 g/mol. The average Bonchev–Trinajstić information content (AvgIpc) is 3.22. The largest absolute Gasteiger partial charge is 0.379 e. The van der Waals surface area contributed by atoms with Gasteiger partial charge in [0.05, 0.1) is 22.9 Å². The molecule has 164 valence electrons. The van der Waals surface area contributed by atoms with Gasteiger partial charge in [0.15, 0.2) is 5.13 Å². The fourth-order valence-corrected chi connectivity index (χ4v) is 4.93. The topological polar surface area (TPSA) is 48.9 Å². The number of carbonyl (C=O) groups excluding carboxylic acids is 1. The molecule has 1 aliphatic heterocycles. The molecule has 0 unspecified atom stereocenters. The fourth-order valence-electron chi connectivity index (χ4n) is 3.64. The molecule has 31 heavy (non-hydrogen) atoms. The van der Waals surface area contributed by atoms with Crippen molar-refractivity contribution in [3.8, 4) is 0 Å². The van der Waals surface area contributed by atoms with Crippen LogP contribution in [0.4, 0.5) is 10.8 Å². The summed E-state index contributed by atoms with van der Waals surface area (Å²) in [5.41, 5.74) is 2.46. The second kappa shape index (κ2) is 9.96. The molecule has 0 spiro atoms. The predicted octanol–water partition coefficient (Wildman–Crippen LogP) is 4.38. The molecule has 0 aliphatic carbocycles. The Labute approximate surface area is 192 Å². The zero-order chi connectivity index (χ0) is 21.8. The van der Waals surface area contributed by atoms with Gasteiger partial charge in [0.1, 0.15) is 5.52 Å². The first-order chi connectivity index (χ1) is 15.0. The highest BCUT2D eigenvalue weighted by Crippen LogP contribution is 2.33. The van der Waals surface area contributed by atoms with Crippen molar-refractivity contribution in [1.82, 2.24) is 9.88 Å². The summed E-state index contributed by atoms with van der Waals surface area (Å²) in [5.74, 6) is -0.0394. The lowest BCUT2D eigenvalue weighted by atomic mass is 10.1. The number of ether oxygens (including phenoxy) is 1. The fraction of sp³-hybridized carbons (Fsp3) is 0.391. The molecular weight excluding hydrogens is 432 g/mol. The van der Waals surface area contributed by atoms with Crippen LogP contribution in [0.15, 0.2) is 42.5 Å². The summed E-state index contributed by atoms with van der Waals surface area (Å²) in [5, 5.41) is 1.29. The molecule has 4 rings (SSSR count). The minimum absolute atomic E-state index is 0.0394. The van der Waals surface area contributed by atoms with Gasteiger partial charge in [-0.1, -0.05) is 29.0 Å². The summed E-state index contributed by atoms with van der Waals surface area (Å²) in [4.78, 5) is 24.4. The molecule has 1 fully saturated rings. The molecule has 1 aliphatic rings. The van der Waals surface area contributed by atoms with Crippen LogP contribution in [0.25, 0.3) is 10.2 Å². The molecule has 0 atom stereocenters. The van der Waals surface area contributed by atoms with Crippen LogP contribution in [0.3, 0.4) is 0 Å². The Morgan fingerprint density at radius 1 is 1.16 bits per heavy atom. The SMILES string of the molecule is CN(C)c1ccc(C(=O)N(CCCN2CCOCC2)c2nc3c(Cl)cccc3s2)cc1. The van der Waals surface area contributed by atoms with Crippen LogP contribution in [0, 0.1) is 0 Å². The van der Waals surface area contributed by atoms with Crippen molar-refractivity contribution < 1.29 is 9.53 Å². The van der Waals surface area contributed by atoms with E-state index in [0.717, 1.165) is 55.2 Å². The van der Waals surface area contributed by atoms with E-state index in [1.165, 1.54) is 11.3 Å². The van der Waals surface area contributed by atoms with Gasteiger partial charge in [0.2, 0.25) is 0 Å². The lowest BCUT2D eigenvalue weighted by molar-refractivity contribution is 0.0376. The smallest absolute Gasteiger partial charge is 0.260 e. The molecule has 0 radical (unpaired) electrons. The van der Waals surface area contributed by atoms with E-state index in [4.69, 9.17) is 21.3 Å². The number of rotatable bonds is 7. The number of para-hydroxylation sites is 1. The van der Waals surface area contributed by atoms with E-state index >= 15 is 0 Å². The van der Waals surface area contributed by atoms with Gasteiger partial charge in [-0.05, 0) is 42.8 Å². The van der Waals surface area contributed by atoms with Crippen LogP contribution in [-0.2, 0) is 4.74 Å². The van der Waals surface area contributed by atoms with E-state index in [1.54, 1.807) is 4.90 Å². The van der Waals surface area contributed by atoms with Crippen molar-refractivity contribution in [2.75, 3.05) is 63.3 Å². The van der Waals surface area contributed by atoms with E-state index in [2.05, 4.69) is 4.90 Å². The van der Waals surface area contributed by atoms with Crippen molar-refractivity contribution >= 4 is 49.9 Å². The Kier molecular flexibility index (Phi) is 7.07. The standard InChI is InChI=1S/C23H27ClN4O2S/c1-26(2)18-9-7-17(8-10-18)22(29)28(12-4-11-27-13-15-30-16-14-27)23-25-21-19(24)5-3-6-20(21)31-23/h3,5-10H,4,11-16H2,1-2H3. The summed E-state index contributed by atoms with van der Waals surface area (Å²) in [6.45, 7) is 4.96. The Hall–Kier alpha value is -2.19. The predicted molar refractivity (Wildman–Crippen MR) is 129 cm³/mol. The van der Waals surface area contributed by atoms with Crippen LogP contribution >= 0.6 is 22.9 Å². The van der Waals surface area contributed by atoms with Crippen LogP contribution in [0.2, 0.25) is 5.02 Å². The van der Waals surface area contributed by atoms with Crippen LogP contribution in [0.5, 0.6) is 0 Å². The number of nitrogens with zero attached hydrogens (tertiary/aromatic N) is 4. The molecule has 0 bridgehead atoms. The number of aromatic nitrogens is 1.